The Hall–Kier alpha value is -0.780. The Kier molecular flexibility index (Phi) is 7.38. The molecule has 0 nitrogen and oxygen atoms in total. The second-order valence-corrected chi connectivity index (χ2v) is 3.52. The van der Waals surface area contributed by atoms with E-state index in [1.165, 1.54) is 11.1 Å². The summed E-state index contributed by atoms with van der Waals surface area (Å²) in [7, 11) is 0. The van der Waals surface area contributed by atoms with Crippen LogP contribution in [-0.4, -0.2) is 0 Å². The second kappa shape index (κ2) is 7.85. The summed E-state index contributed by atoms with van der Waals surface area (Å²) in [4.78, 5) is 0. The van der Waals surface area contributed by atoms with E-state index >= 15 is 0 Å². The van der Waals surface area contributed by atoms with Crippen LogP contribution < -0.4 is 0 Å². The highest BCUT2D eigenvalue weighted by atomic mass is 14.0. The quantitative estimate of drug-likeness (QED) is 0.538. The van der Waals surface area contributed by atoms with Crippen LogP contribution >= 0.6 is 0 Å². The molecule has 0 aromatic rings. The molecular weight excluding hydrogens is 156 g/mol. The third kappa shape index (κ3) is 7.58. The fourth-order valence-electron chi connectivity index (χ4n) is 1.06. The zero-order valence-electron chi connectivity index (χ0n) is 9.43. The van der Waals surface area contributed by atoms with Crippen LogP contribution in [-0.2, 0) is 0 Å². The lowest BCUT2D eigenvalue weighted by Crippen LogP contribution is -1.79. The molecule has 0 heterocycles. The maximum absolute atomic E-state index is 2.29. The van der Waals surface area contributed by atoms with Crippen LogP contribution in [0.15, 0.2) is 35.5 Å². The molecule has 0 fully saturated rings. The third-order valence-corrected chi connectivity index (χ3v) is 1.96. The van der Waals surface area contributed by atoms with Crippen molar-refractivity contribution in [1.29, 1.82) is 0 Å². The van der Waals surface area contributed by atoms with E-state index in [0.29, 0.717) is 0 Å². The van der Waals surface area contributed by atoms with Gasteiger partial charge in [0.1, 0.15) is 0 Å². The molecule has 0 aromatic carbocycles. The van der Waals surface area contributed by atoms with Crippen molar-refractivity contribution in [2.45, 2.75) is 47.0 Å². The molecule has 74 valence electrons. The Morgan fingerprint density at radius 2 is 1.77 bits per heavy atom. The Morgan fingerprint density at radius 1 is 1.08 bits per heavy atom. The molecule has 13 heavy (non-hydrogen) atoms. The SMILES string of the molecule is CC=C(CC=CCC)CC=C(C)C. The average Bonchev–Trinajstić information content (AvgIpc) is 2.10. The first-order valence-corrected chi connectivity index (χ1v) is 5.13. The predicted molar refractivity (Wildman–Crippen MR) is 61.9 cm³/mol. The molecule has 0 saturated heterocycles. The molecule has 0 rings (SSSR count). The molecule has 0 spiro atoms. The molecule has 0 aliphatic rings. The van der Waals surface area contributed by atoms with Crippen molar-refractivity contribution in [3.8, 4) is 0 Å². The summed E-state index contributed by atoms with van der Waals surface area (Å²) in [5.41, 5.74) is 2.91. The summed E-state index contributed by atoms with van der Waals surface area (Å²) in [5, 5.41) is 0. The van der Waals surface area contributed by atoms with Gasteiger partial charge in [-0.1, -0.05) is 42.4 Å². The Morgan fingerprint density at radius 3 is 2.23 bits per heavy atom. The van der Waals surface area contributed by atoms with E-state index in [1.54, 1.807) is 0 Å². The van der Waals surface area contributed by atoms with E-state index in [0.717, 1.165) is 19.3 Å². The normalized spacial score (nSPS) is 12.2. The highest BCUT2D eigenvalue weighted by Gasteiger charge is 1.90. The van der Waals surface area contributed by atoms with E-state index in [-0.39, 0.29) is 0 Å². The molecule has 0 heteroatoms. The van der Waals surface area contributed by atoms with Crippen molar-refractivity contribution in [3.63, 3.8) is 0 Å². The third-order valence-electron chi connectivity index (χ3n) is 1.96. The largest absolute Gasteiger partial charge is 0.0885 e. The van der Waals surface area contributed by atoms with Crippen molar-refractivity contribution in [1.82, 2.24) is 0 Å². The van der Waals surface area contributed by atoms with Gasteiger partial charge in [0.25, 0.3) is 0 Å². The summed E-state index contributed by atoms with van der Waals surface area (Å²) in [6.45, 7) is 8.58. The molecule has 0 amide bonds. The van der Waals surface area contributed by atoms with Crippen molar-refractivity contribution >= 4 is 0 Å². The first-order valence-electron chi connectivity index (χ1n) is 5.13. The van der Waals surface area contributed by atoms with Crippen LogP contribution in [0.3, 0.4) is 0 Å². The van der Waals surface area contributed by atoms with Gasteiger partial charge in [-0.2, -0.15) is 0 Å². The topological polar surface area (TPSA) is 0 Å². The van der Waals surface area contributed by atoms with E-state index < -0.39 is 0 Å². The first kappa shape index (κ1) is 12.2. The molecule has 0 atom stereocenters. The highest BCUT2D eigenvalue weighted by molar-refractivity contribution is 5.12. The van der Waals surface area contributed by atoms with Gasteiger partial charge in [0.2, 0.25) is 0 Å². The maximum atomic E-state index is 2.29. The summed E-state index contributed by atoms with van der Waals surface area (Å²) in [5.74, 6) is 0. The van der Waals surface area contributed by atoms with E-state index in [2.05, 4.69) is 52.0 Å². The van der Waals surface area contributed by atoms with Crippen LogP contribution in [0.1, 0.15) is 47.0 Å². The first-order chi connectivity index (χ1) is 6.20. The monoisotopic (exact) mass is 178 g/mol. The summed E-state index contributed by atoms with van der Waals surface area (Å²) in [6, 6.07) is 0. The van der Waals surface area contributed by atoms with Gasteiger partial charge in [0.15, 0.2) is 0 Å². The van der Waals surface area contributed by atoms with Crippen molar-refractivity contribution in [2.24, 2.45) is 0 Å². The van der Waals surface area contributed by atoms with Crippen molar-refractivity contribution in [2.75, 3.05) is 0 Å². The van der Waals surface area contributed by atoms with Crippen LogP contribution in [0, 0.1) is 0 Å². The summed E-state index contributed by atoms with van der Waals surface area (Å²) in [6.07, 6.45) is 12.3. The lowest BCUT2D eigenvalue weighted by Gasteiger charge is -1.99. The smallest absolute Gasteiger partial charge is 0.0133 e. The average molecular weight is 178 g/mol. The van der Waals surface area contributed by atoms with E-state index in [4.69, 9.17) is 0 Å². The highest BCUT2D eigenvalue weighted by Crippen LogP contribution is 2.10. The van der Waals surface area contributed by atoms with Crippen LogP contribution in [0.5, 0.6) is 0 Å². The zero-order valence-corrected chi connectivity index (χ0v) is 9.43. The molecule has 0 unspecified atom stereocenters. The fourth-order valence-corrected chi connectivity index (χ4v) is 1.06. The predicted octanol–water partition coefficient (Wildman–Crippen LogP) is 4.65. The minimum atomic E-state index is 1.10. The molecular formula is C13H22. The molecule has 0 aliphatic carbocycles. The molecule has 0 saturated carbocycles. The van der Waals surface area contributed by atoms with Gasteiger partial charge >= 0.3 is 0 Å². The minimum absolute atomic E-state index is 1.10. The Labute approximate surface area is 83.0 Å². The molecule has 0 aliphatic heterocycles. The van der Waals surface area contributed by atoms with E-state index in [9.17, 15) is 0 Å². The number of allylic oxidation sites excluding steroid dienone is 6. The maximum Gasteiger partial charge on any atom is -0.0133 e. The number of hydrogen-bond donors (Lipinski definition) is 0. The minimum Gasteiger partial charge on any atom is -0.0885 e. The van der Waals surface area contributed by atoms with Crippen LogP contribution in [0.2, 0.25) is 0 Å². The van der Waals surface area contributed by atoms with Gasteiger partial charge in [-0.25, -0.2) is 0 Å². The number of rotatable bonds is 5. The Balaban J connectivity index is 3.92. The molecule has 0 bridgehead atoms. The van der Waals surface area contributed by atoms with Gasteiger partial charge in [0.05, 0.1) is 0 Å². The van der Waals surface area contributed by atoms with Gasteiger partial charge in [-0.3, -0.25) is 0 Å². The zero-order chi connectivity index (χ0) is 10.1. The lowest BCUT2D eigenvalue weighted by atomic mass is 10.1. The molecule has 0 aromatic heterocycles. The van der Waals surface area contributed by atoms with Gasteiger partial charge in [-0.05, 0) is 40.0 Å². The van der Waals surface area contributed by atoms with Gasteiger partial charge in [-0.15, -0.1) is 0 Å². The molecule has 0 N–H and O–H groups in total. The number of hydrogen-bond acceptors (Lipinski definition) is 0. The van der Waals surface area contributed by atoms with Crippen LogP contribution in [0.25, 0.3) is 0 Å². The van der Waals surface area contributed by atoms with E-state index in [1.807, 2.05) is 0 Å². The van der Waals surface area contributed by atoms with Gasteiger partial charge < -0.3 is 0 Å². The van der Waals surface area contributed by atoms with Crippen molar-refractivity contribution in [3.05, 3.63) is 35.5 Å². The Bertz CT molecular complexity index is 200. The summed E-state index contributed by atoms with van der Waals surface area (Å²) < 4.78 is 0. The lowest BCUT2D eigenvalue weighted by molar-refractivity contribution is 1.07. The fraction of sp³-hybridized carbons (Fsp3) is 0.538. The van der Waals surface area contributed by atoms with Crippen molar-refractivity contribution < 1.29 is 0 Å². The standard InChI is InChI=1S/C13H22/c1-5-7-8-9-13(6-2)11-10-12(3)4/h6-8,10H,5,9,11H2,1-4H3. The van der Waals surface area contributed by atoms with Gasteiger partial charge in [0, 0.05) is 0 Å². The summed E-state index contributed by atoms with van der Waals surface area (Å²) >= 11 is 0. The molecule has 0 radical (unpaired) electrons. The van der Waals surface area contributed by atoms with Crippen LogP contribution in [0.4, 0.5) is 0 Å². The second-order valence-electron chi connectivity index (χ2n) is 3.52.